The molecule has 0 radical (unpaired) electrons. The number of aromatic amines is 1. The van der Waals surface area contributed by atoms with Gasteiger partial charge in [-0.05, 0) is 81.6 Å². The molecular weight excluding hydrogens is 485 g/mol. The number of carbonyl (C=O) groups is 1. The number of aromatic nitrogens is 4. The number of halogens is 3. The number of hydrogen-bond donors (Lipinski definition) is 1. The number of carbonyl (C=O) groups excluding carboxylic acids is 1. The summed E-state index contributed by atoms with van der Waals surface area (Å²) in [5, 5.41) is 14.2. The molecule has 1 saturated carbocycles. The molecule has 202 valence electrons. The van der Waals surface area contributed by atoms with Gasteiger partial charge in [-0.2, -0.15) is 18.4 Å². The lowest BCUT2D eigenvalue weighted by atomic mass is 9.74. The third-order valence-electron chi connectivity index (χ3n) is 8.80. The van der Waals surface area contributed by atoms with E-state index in [9.17, 15) is 18.0 Å². The first-order valence-electron chi connectivity index (χ1n) is 13.2. The van der Waals surface area contributed by atoms with Crippen molar-refractivity contribution in [3.63, 3.8) is 0 Å². The lowest BCUT2D eigenvalue weighted by molar-refractivity contribution is -0.150. The molecule has 1 N–H and O–H groups in total. The smallest absolute Gasteiger partial charge is 0.416 e. The maximum absolute atomic E-state index is 13.9. The second kappa shape index (κ2) is 10.2. The van der Waals surface area contributed by atoms with Gasteiger partial charge in [0.1, 0.15) is 5.75 Å². The molecule has 37 heavy (non-hydrogen) atoms. The number of tetrazole rings is 1. The Bertz CT molecular complexity index is 1080. The number of nitrogens with zero attached hydrogens (tertiary/aromatic N) is 5. The number of fused-ring (bicyclic) bond motifs is 1. The van der Waals surface area contributed by atoms with Crippen molar-refractivity contribution in [3.05, 3.63) is 35.2 Å². The van der Waals surface area contributed by atoms with E-state index < -0.39 is 17.2 Å². The van der Waals surface area contributed by atoms with Crippen molar-refractivity contribution in [1.29, 1.82) is 0 Å². The van der Waals surface area contributed by atoms with Gasteiger partial charge in [0.05, 0.1) is 17.5 Å². The number of piperidine rings is 1. The van der Waals surface area contributed by atoms with Gasteiger partial charge in [0.15, 0.2) is 12.6 Å². The van der Waals surface area contributed by atoms with E-state index in [0.717, 1.165) is 76.0 Å². The minimum absolute atomic E-state index is 0.00283. The van der Waals surface area contributed by atoms with E-state index in [1.807, 2.05) is 0 Å². The second-order valence-electron chi connectivity index (χ2n) is 11.2. The van der Waals surface area contributed by atoms with Gasteiger partial charge in [0.25, 0.3) is 0 Å². The zero-order valence-corrected chi connectivity index (χ0v) is 21.4. The zero-order chi connectivity index (χ0) is 26.2. The standard InChI is InChI=1S/C26H35F3N6O2/c1-17(2)25(24(36)35-15-19-13-20(26(27,28)29)4-5-22(19)37-16-35)10-7-21(14-25)34-11-8-18(9-12-34)3-6-23-30-32-33-31-23/h4-5,13,17-18,21H,3,6-12,14-16H2,1-2H3,(H,30,31,32,33)/t21-,25+/m1/s1. The van der Waals surface area contributed by atoms with Crippen LogP contribution in [0.5, 0.6) is 5.75 Å². The molecule has 11 heteroatoms. The average molecular weight is 521 g/mol. The lowest BCUT2D eigenvalue weighted by Gasteiger charge is -2.41. The van der Waals surface area contributed by atoms with Crippen LogP contribution in [0.3, 0.4) is 0 Å². The number of amides is 1. The summed E-state index contributed by atoms with van der Waals surface area (Å²) in [6, 6.07) is 3.84. The Morgan fingerprint density at radius 2 is 2.03 bits per heavy atom. The largest absolute Gasteiger partial charge is 0.473 e. The Hall–Kier alpha value is -2.69. The molecule has 1 amide bonds. The number of nitrogens with one attached hydrogen (secondary N) is 1. The fraction of sp³-hybridized carbons (Fsp3) is 0.692. The summed E-state index contributed by atoms with van der Waals surface area (Å²) in [4.78, 5) is 18.1. The predicted molar refractivity (Wildman–Crippen MR) is 129 cm³/mol. The summed E-state index contributed by atoms with van der Waals surface area (Å²) >= 11 is 0. The molecule has 1 aliphatic carbocycles. The molecule has 8 nitrogen and oxygen atoms in total. The van der Waals surface area contributed by atoms with Crippen LogP contribution in [0.2, 0.25) is 0 Å². The minimum Gasteiger partial charge on any atom is -0.473 e. The van der Waals surface area contributed by atoms with Crippen molar-refractivity contribution in [2.45, 2.75) is 77.6 Å². The molecular formula is C26H35F3N6O2. The first-order valence-corrected chi connectivity index (χ1v) is 13.2. The van der Waals surface area contributed by atoms with E-state index in [4.69, 9.17) is 4.74 Å². The van der Waals surface area contributed by atoms with Gasteiger partial charge in [0.2, 0.25) is 5.91 Å². The monoisotopic (exact) mass is 520 g/mol. The highest BCUT2D eigenvalue weighted by atomic mass is 19.4. The molecule has 1 saturated heterocycles. The van der Waals surface area contributed by atoms with Crippen molar-refractivity contribution >= 4 is 5.91 Å². The van der Waals surface area contributed by atoms with E-state index in [-0.39, 0.29) is 25.1 Å². The normalized spacial score (nSPS) is 25.4. The lowest BCUT2D eigenvalue weighted by Crippen LogP contribution is -2.49. The van der Waals surface area contributed by atoms with Crippen LogP contribution in [0, 0.1) is 17.3 Å². The van der Waals surface area contributed by atoms with Crippen LogP contribution in [-0.2, 0) is 23.9 Å². The highest BCUT2D eigenvalue weighted by Crippen LogP contribution is 2.48. The van der Waals surface area contributed by atoms with Gasteiger partial charge in [0, 0.05) is 18.0 Å². The Labute approximate surface area is 214 Å². The van der Waals surface area contributed by atoms with E-state index in [1.54, 1.807) is 4.90 Å². The van der Waals surface area contributed by atoms with Crippen LogP contribution in [0.4, 0.5) is 13.2 Å². The highest BCUT2D eigenvalue weighted by Gasteiger charge is 2.51. The summed E-state index contributed by atoms with van der Waals surface area (Å²) in [6.07, 6.45) is 2.23. The first-order chi connectivity index (χ1) is 17.7. The van der Waals surface area contributed by atoms with E-state index in [0.29, 0.717) is 23.3 Å². The SMILES string of the molecule is CC(C)[C@]1(C(=O)N2COc3ccc(C(F)(F)F)cc3C2)CC[C@@H](N2CCC(CCc3nn[nH]n3)CC2)C1. The zero-order valence-electron chi connectivity index (χ0n) is 21.4. The topological polar surface area (TPSA) is 87.2 Å². The summed E-state index contributed by atoms with van der Waals surface area (Å²) < 4.78 is 45.5. The maximum Gasteiger partial charge on any atom is 0.416 e. The Kier molecular flexibility index (Phi) is 7.17. The number of aryl methyl sites for hydroxylation is 1. The molecule has 2 aromatic rings. The molecule has 0 spiro atoms. The predicted octanol–water partition coefficient (Wildman–Crippen LogP) is 4.44. The number of H-pyrrole nitrogens is 1. The Morgan fingerprint density at radius 3 is 2.70 bits per heavy atom. The summed E-state index contributed by atoms with van der Waals surface area (Å²) in [5.41, 5.74) is -0.835. The van der Waals surface area contributed by atoms with Crippen molar-refractivity contribution in [2.75, 3.05) is 19.8 Å². The molecule has 1 aromatic heterocycles. The van der Waals surface area contributed by atoms with Crippen molar-refractivity contribution in [1.82, 2.24) is 30.4 Å². The summed E-state index contributed by atoms with van der Waals surface area (Å²) in [6.45, 7) is 6.43. The number of hydrogen-bond acceptors (Lipinski definition) is 6. The van der Waals surface area contributed by atoms with Gasteiger partial charge >= 0.3 is 6.18 Å². The van der Waals surface area contributed by atoms with Crippen LogP contribution in [0.15, 0.2) is 18.2 Å². The maximum atomic E-state index is 13.9. The summed E-state index contributed by atoms with van der Waals surface area (Å²) in [5.74, 6) is 1.95. The number of rotatable bonds is 6. The molecule has 2 fully saturated rings. The van der Waals surface area contributed by atoms with Crippen molar-refractivity contribution in [2.24, 2.45) is 17.3 Å². The van der Waals surface area contributed by atoms with Crippen LogP contribution in [-0.4, -0.2) is 62.2 Å². The molecule has 0 unspecified atom stereocenters. The van der Waals surface area contributed by atoms with Gasteiger partial charge in [-0.25, -0.2) is 0 Å². The fourth-order valence-electron chi connectivity index (χ4n) is 6.42. The molecule has 1 aromatic carbocycles. The molecule has 3 heterocycles. The highest BCUT2D eigenvalue weighted by molar-refractivity contribution is 5.83. The van der Waals surface area contributed by atoms with Gasteiger partial charge in [-0.1, -0.05) is 19.1 Å². The second-order valence-corrected chi connectivity index (χ2v) is 11.2. The first kappa shape index (κ1) is 25.9. The molecule has 2 atom stereocenters. The van der Waals surface area contributed by atoms with Gasteiger partial charge in [-0.3, -0.25) is 4.79 Å². The van der Waals surface area contributed by atoms with Gasteiger partial charge < -0.3 is 14.5 Å². The van der Waals surface area contributed by atoms with E-state index >= 15 is 0 Å². The number of likely N-dealkylation sites (tertiary alicyclic amines) is 1. The quantitative estimate of drug-likeness (QED) is 0.606. The number of ether oxygens (including phenoxy) is 1. The fourth-order valence-corrected chi connectivity index (χ4v) is 6.42. The van der Waals surface area contributed by atoms with Crippen LogP contribution >= 0.6 is 0 Å². The van der Waals surface area contributed by atoms with E-state index in [2.05, 4.69) is 39.4 Å². The molecule has 5 rings (SSSR count). The number of benzene rings is 1. The Morgan fingerprint density at radius 1 is 1.24 bits per heavy atom. The molecule has 0 bridgehead atoms. The van der Waals surface area contributed by atoms with Crippen LogP contribution < -0.4 is 4.74 Å². The number of alkyl halides is 3. The molecule has 2 aliphatic heterocycles. The summed E-state index contributed by atoms with van der Waals surface area (Å²) in [7, 11) is 0. The molecule has 3 aliphatic rings. The third-order valence-corrected chi connectivity index (χ3v) is 8.80. The van der Waals surface area contributed by atoms with Crippen molar-refractivity contribution < 1.29 is 22.7 Å². The van der Waals surface area contributed by atoms with Crippen molar-refractivity contribution in [3.8, 4) is 5.75 Å². The average Bonchev–Trinajstić information content (AvgIpc) is 3.57. The van der Waals surface area contributed by atoms with Crippen LogP contribution in [0.1, 0.15) is 69.3 Å². The van der Waals surface area contributed by atoms with Crippen LogP contribution in [0.25, 0.3) is 0 Å². The van der Waals surface area contributed by atoms with E-state index in [1.165, 1.54) is 6.07 Å². The van der Waals surface area contributed by atoms with Gasteiger partial charge in [-0.15, -0.1) is 10.2 Å². The minimum atomic E-state index is -4.43. The Balaban J connectivity index is 1.21. The third kappa shape index (κ3) is 5.32.